The minimum absolute atomic E-state index is 0.399. The molecule has 0 bridgehead atoms. The van der Waals surface area contributed by atoms with Gasteiger partial charge < -0.3 is 4.57 Å². The Balaban J connectivity index is 1.53. The molecule has 2 N–H and O–H groups in total. The molecule has 2 aromatic carbocycles. The van der Waals surface area contributed by atoms with E-state index < -0.39 is 11.2 Å². The summed E-state index contributed by atoms with van der Waals surface area (Å²) in [6.45, 7) is 4.57. The highest BCUT2D eigenvalue weighted by atomic mass is 16.2. The molecule has 0 unspecified atom stereocenters. The van der Waals surface area contributed by atoms with Crippen molar-refractivity contribution in [2.45, 2.75) is 26.9 Å². The summed E-state index contributed by atoms with van der Waals surface area (Å²) in [4.78, 5) is 31.5. The summed E-state index contributed by atoms with van der Waals surface area (Å²) in [7, 11) is 0. The molecule has 0 aliphatic rings. The molecule has 0 aliphatic carbocycles. The van der Waals surface area contributed by atoms with Crippen LogP contribution in [0.5, 0.6) is 0 Å². The number of imidazole rings is 1. The van der Waals surface area contributed by atoms with Crippen LogP contribution >= 0.6 is 0 Å². The number of H-pyrrole nitrogens is 2. The monoisotopic (exact) mass is 428 g/mol. The Bertz CT molecular complexity index is 1530. The van der Waals surface area contributed by atoms with Crippen LogP contribution in [0.15, 0.2) is 58.1 Å². The molecule has 0 radical (unpaired) electrons. The van der Waals surface area contributed by atoms with Crippen LogP contribution in [-0.2, 0) is 13.1 Å². The minimum atomic E-state index is -0.445. The van der Waals surface area contributed by atoms with E-state index in [1.165, 1.54) is 4.57 Å². The standard InChI is InChI=1S/C22H20N8O2/c1-3-29-20-18(21(31)24-22(29)32)30(13(2)23-20)12-14-8-10-15(11-9-14)16-6-4-5-7-17(16)19-25-27-28-26-19/h4-11H,3,12H2,1-2H3,(H,24,31,32)(H,25,26,27,28). The van der Waals surface area contributed by atoms with E-state index in [0.29, 0.717) is 35.9 Å². The number of nitrogens with zero attached hydrogens (tertiary/aromatic N) is 6. The van der Waals surface area contributed by atoms with Gasteiger partial charge >= 0.3 is 5.69 Å². The SMILES string of the molecule is CCn1c(=O)[nH]c(=O)c2c1nc(C)n2Cc1ccc(-c2ccccc2-c2nnn[nH]2)cc1. The molecule has 0 fully saturated rings. The summed E-state index contributed by atoms with van der Waals surface area (Å²) >= 11 is 0. The number of tetrazole rings is 1. The molecule has 0 aliphatic heterocycles. The van der Waals surface area contributed by atoms with Gasteiger partial charge in [-0.3, -0.25) is 14.3 Å². The maximum atomic E-state index is 12.5. The lowest BCUT2D eigenvalue weighted by atomic mass is 9.98. The van der Waals surface area contributed by atoms with Crippen LogP contribution in [-0.4, -0.2) is 39.7 Å². The molecule has 10 heteroatoms. The molecule has 0 atom stereocenters. The van der Waals surface area contributed by atoms with E-state index in [2.05, 4.69) is 30.6 Å². The minimum Gasteiger partial charge on any atom is -0.318 e. The van der Waals surface area contributed by atoms with Gasteiger partial charge in [0.25, 0.3) is 5.56 Å². The Kier molecular flexibility index (Phi) is 4.74. The van der Waals surface area contributed by atoms with Gasteiger partial charge in [0.1, 0.15) is 5.82 Å². The highest BCUT2D eigenvalue weighted by molar-refractivity contribution is 5.80. The summed E-state index contributed by atoms with van der Waals surface area (Å²) < 4.78 is 3.31. The Morgan fingerprint density at radius 2 is 1.72 bits per heavy atom. The van der Waals surface area contributed by atoms with E-state index in [4.69, 9.17) is 0 Å². The molecule has 0 saturated carbocycles. The third-order valence-electron chi connectivity index (χ3n) is 5.53. The quantitative estimate of drug-likeness (QED) is 0.441. The molecular weight excluding hydrogens is 408 g/mol. The lowest BCUT2D eigenvalue weighted by molar-refractivity contribution is 0.717. The first-order valence-electron chi connectivity index (χ1n) is 10.2. The van der Waals surface area contributed by atoms with Crippen LogP contribution in [0.2, 0.25) is 0 Å². The van der Waals surface area contributed by atoms with E-state index >= 15 is 0 Å². The Morgan fingerprint density at radius 1 is 0.969 bits per heavy atom. The zero-order chi connectivity index (χ0) is 22.2. The van der Waals surface area contributed by atoms with Gasteiger partial charge in [-0.1, -0.05) is 48.5 Å². The fourth-order valence-corrected chi connectivity index (χ4v) is 3.96. The van der Waals surface area contributed by atoms with E-state index in [0.717, 1.165) is 22.3 Å². The average molecular weight is 428 g/mol. The third-order valence-corrected chi connectivity index (χ3v) is 5.53. The first-order chi connectivity index (χ1) is 15.6. The maximum absolute atomic E-state index is 12.5. The molecule has 5 aromatic rings. The highest BCUT2D eigenvalue weighted by Gasteiger charge is 2.16. The molecule has 0 saturated heterocycles. The average Bonchev–Trinajstić information content (AvgIpc) is 3.44. The van der Waals surface area contributed by atoms with Crippen molar-refractivity contribution in [2.24, 2.45) is 0 Å². The van der Waals surface area contributed by atoms with Crippen LogP contribution in [0.25, 0.3) is 33.7 Å². The second kappa shape index (κ2) is 7.73. The predicted octanol–water partition coefficient (Wildman–Crippen LogP) is 2.11. The van der Waals surface area contributed by atoms with E-state index in [1.54, 1.807) is 0 Å². The number of benzene rings is 2. The largest absolute Gasteiger partial charge is 0.330 e. The van der Waals surface area contributed by atoms with Crippen LogP contribution in [0, 0.1) is 6.92 Å². The summed E-state index contributed by atoms with van der Waals surface area (Å²) in [5, 5.41) is 14.2. The summed E-state index contributed by atoms with van der Waals surface area (Å²) in [5.41, 5.74) is 3.87. The molecule has 0 spiro atoms. The van der Waals surface area contributed by atoms with Gasteiger partial charge in [-0.2, -0.15) is 0 Å². The molecule has 3 heterocycles. The number of hydrogen-bond donors (Lipinski definition) is 2. The Labute approximate surface area is 181 Å². The Hall–Kier alpha value is -4.34. The summed E-state index contributed by atoms with van der Waals surface area (Å²) in [5.74, 6) is 1.27. The topological polar surface area (TPSA) is 127 Å². The number of aromatic nitrogens is 8. The van der Waals surface area contributed by atoms with Crippen molar-refractivity contribution >= 4 is 11.2 Å². The lowest BCUT2D eigenvalue weighted by Crippen LogP contribution is -2.30. The smallest absolute Gasteiger partial charge is 0.318 e. The molecule has 3 aromatic heterocycles. The zero-order valence-corrected chi connectivity index (χ0v) is 17.5. The lowest BCUT2D eigenvalue weighted by Gasteiger charge is -2.10. The Morgan fingerprint density at radius 3 is 2.41 bits per heavy atom. The second-order valence-electron chi connectivity index (χ2n) is 7.41. The van der Waals surface area contributed by atoms with Crippen molar-refractivity contribution in [3.05, 3.63) is 80.8 Å². The van der Waals surface area contributed by atoms with Crippen LogP contribution < -0.4 is 11.2 Å². The highest BCUT2D eigenvalue weighted by Crippen LogP contribution is 2.30. The van der Waals surface area contributed by atoms with Crippen molar-refractivity contribution < 1.29 is 0 Å². The predicted molar refractivity (Wildman–Crippen MR) is 119 cm³/mol. The summed E-state index contributed by atoms with van der Waals surface area (Å²) in [6.07, 6.45) is 0. The maximum Gasteiger partial charge on any atom is 0.330 e. The number of rotatable bonds is 5. The molecule has 0 amide bonds. The van der Waals surface area contributed by atoms with Gasteiger partial charge in [0.05, 0.1) is 0 Å². The van der Waals surface area contributed by atoms with Gasteiger partial charge in [-0.15, -0.1) is 5.10 Å². The number of fused-ring (bicyclic) bond motifs is 1. The van der Waals surface area contributed by atoms with E-state index in [9.17, 15) is 9.59 Å². The zero-order valence-electron chi connectivity index (χ0n) is 17.5. The molecule has 10 nitrogen and oxygen atoms in total. The first-order valence-corrected chi connectivity index (χ1v) is 10.2. The first kappa shape index (κ1) is 19.6. The van der Waals surface area contributed by atoms with Crippen LogP contribution in [0.4, 0.5) is 0 Å². The molecular formula is C22H20N8O2. The van der Waals surface area contributed by atoms with Crippen molar-refractivity contribution in [3.8, 4) is 22.5 Å². The van der Waals surface area contributed by atoms with E-state index in [1.807, 2.05) is 66.9 Å². The van der Waals surface area contributed by atoms with Crippen molar-refractivity contribution in [1.29, 1.82) is 0 Å². The second-order valence-corrected chi connectivity index (χ2v) is 7.41. The van der Waals surface area contributed by atoms with Crippen LogP contribution in [0.3, 0.4) is 0 Å². The third kappa shape index (κ3) is 3.22. The van der Waals surface area contributed by atoms with Gasteiger partial charge in [-0.25, -0.2) is 14.9 Å². The molecule has 160 valence electrons. The fraction of sp³-hybridized carbons (Fsp3) is 0.182. The van der Waals surface area contributed by atoms with E-state index in [-0.39, 0.29) is 0 Å². The summed E-state index contributed by atoms with van der Waals surface area (Å²) in [6, 6.07) is 16.0. The van der Waals surface area contributed by atoms with Gasteiger partial charge in [-0.05, 0) is 41.0 Å². The van der Waals surface area contributed by atoms with Crippen LogP contribution in [0.1, 0.15) is 18.3 Å². The van der Waals surface area contributed by atoms with Gasteiger partial charge in [0.2, 0.25) is 0 Å². The van der Waals surface area contributed by atoms with Crippen molar-refractivity contribution in [3.63, 3.8) is 0 Å². The number of aryl methyl sites for hydroxylation is 2. The molecule has 5 rings (SSSR count). The normalized spacial score (nSPS) is 11.3. The number of hydrogen-bond acceptors (Lipinski definition) is 6. The van der Waals surface area contributed by atoms with Gasteiger partial charge in [0, 0.05) is 18.7 Å². The van der Waals surface area contributed by atoms with Crippen molar-refractivity contribution in [1.82, 2.24) is 39.7 Å². The number of aromatic amines is 2. The molecule has 32 heavy (non-hydrogen) atoms. The van der Waals surface area contributed by atoms with Crippen molar-refractivity contribution in [2.75, 3.05) is 0 Å². The fourth-order valence-electron chi connectivity index (χ4n) is 3.96. The van der Waals surface area contributed by atoms with Gasteiger partial charge in [0.15, 0.2) is 17.0 Å². The number of nitrogens with one attached hydrogen (secondary N) is 2.